The SMILES string of the molecule is CC1CCc2ccccc2N1C(=O)c1cc(N)cc(N)c1. The van der Waals surface area contributed by atoms with Gasteiger partial charge in [-0.15, -0.1) is 0 Å². The lowest BCUT2D eigenvalue weighted by Gasteiger charge is -2.35. The Balaban J connectivity index is 2.04. The molecule has 1 amide bonds. The fourth-order valence-electron chi connectivity index (χ4n) is 2.94. The predicted molar refractivity (Wildman–Crippen MR) is 86.3 cm³/mol. The largest absolute Gasteiger partial charge is 0.399 e. The van der Waals surface area contributed by atoms with Crippen molar-refractivity contribution in [1.82, 2.24) is 0 Å². The highest BCUT2D eigenvalue weighted by atomic mass is 16.2. The van der Waals surface area contributed by atoms with Gasteiger partial charge in [-0.3, -0.25) is 4.79 Å². The van der Waals surface area contributed by atoms with Gasteiger partial charge < -0.3 is 16.4 Å². The maximum atomic E-state index is 12.9. The summed E-state index contributed by atoms with van der Waals surface area (Å²) in [4.78, 5) is 14.7. The molecule has 3 rings (SSSR count). The lowest BCUT2D eigenvalue weighted by Crippen LogP contribution is -2.42. The zero-order chi connectivity index (χ0) is 15.0. The van der Waals surface area contributed by atoms with Crippen LogP contribution < -0.4 is 16.4 Å². The summed E-state index contributed by atoms with van der Waals surface area (Å²) in [5, 5.41) is 0. The zero-order valence-corrected chi connectivity index (χ0v) is 12.0. The van der Waals surface area contributed by atoms with Crippen LogP contribution >= 0.6 is 0 Å². The smallest absolute Gasteiger partial charge is 0.258 e. The third kappa shape index (κ3) is 2.44. The van der Waals surface area contributed by atoms with E-state index in [0.717, 1.165) is 18.5 Å². The number of fused-ring (bicyclic) bond motifs is 1. The van der Waals surface area contributed by atoms with Gasteiger partial charge >= 0.3 is 0 Å². The van der Waals surface area contributed by atoms with Gasteiger partial charge in [-0.25, -0.2) is 0 Å². The van der Waals surface area contributed by atoms with Crippen molar-refractivity contribution in [2.24, 2.45) is 0 Å². The van der Waals surface area contributed by atoms with Gasteiger partial charge in [-0.1, -0.05) is 18.2 Å². The second-order valence-corrected chi connectivity index (χ2v) is 5.58. The average Bonchev–Trinajstić information content (AvgIpc) is 2.45. The van der Waals surface area contributed by atoms with E-state index in [2.05, 4.69) is 13.0 Å². The number of nitrogens with two attached hydrogens (primary N) is 2. The fraction of sp³-hybridized carbons (Fsp3) is 0.235. The summed E-state index contributed by atoms with van der Waals surface area (Å²) < 4.78 is 0. The lowest BCUT2D eigenvalue weighted by molar-refractivity contribution is 0.0975. The van der Waals surface area contributed by atoms with Gasteiger partial charge in [-0.05, 0) is 49.6 Å². The minimum Gasteiger partial charge on any atom is -0.399 e. The molecule has 0 bridgehead atoms. The van der Waals surface area contributed by atoms with Crippen molar-refractivity contribution < 1.29 is 4.79 Å². The first-order valence-corrected chi connectivity index (χ1v) is 7.14. The van der Waals surface area contributed by atoms with E-state index in [1.807, 2.05) is 23.1 Å². The van der Waals surface area contributed by atoms with Crippen LogP contribution in [0.2, 0.25) is 0 Å². The number of benzene rings is 2. The maximum absolute atomic E-state index is 12.9. The van der Waals surface area contributed by atoms with E-state index in [4.69, 9.17) is 11.5 Å². The molecule has 2 aromatic carbocycles. The normalized spacial score (nSPS) is 17.4. The van der Waals surface area contributed by atoms with Gasteiger partial charge in [-0.2, -0.15) is 0 Å². The molecule has 0 radical (unpaired) electrons. The van der Waals surface area contributed by atoms with Crippen molar-refractivity contribution >= 4 is 23.0 Å². The van der Waals surface area contributed by atoms with Crippen LogP contribution in [0.1, 0.15) is 29.3 Å². The Kier molecular flexibility index (Phi) is 3.29. The van der Waals surface area contributed by atoms with E-state index in [1.54, 1.807) is 18.2 Å². The minimum atomic E-state index is -0.0475. The Morgan fingerprint density at radius 2 is 1.81 bits per heavy atom. The number of nitrogens with zero attached hydrogens (tertiary/aromatic N) is 1. The van der Waals surface area contributed by atoms with Crippen LogP contribution in [0.3, 0.4) is 0 Å². The summed E-state index contributed by atoms with van der Waals surface area (Å²) in [5.74, 6) is -0.0475. The second kappa shape index (κ2) is 5.13. The van der Waals surface area contributed by atoms with Crippen molar-refractivity contribution in [3.63, 3.8) is 0 Å². The van der Waals surface area contributed by atoms with Gasteiger partial charge in [0.25, 0.3) is 5.91 Å². The first-order chi connectivity index (χ1) is 10.1. The molecule has 0 saturated heterocycles. The van der Waals surface area contributed by atoms with E-state index in [-0.39, 0.29) is 11.9 Å². The number of rotatable bonds is 1. The Bertz CT molecular complexity index is 676. The van der Waals surface area contributed by atoms with Crippen LogP contribution in [0.15, 0.2) is 42.5 Å². The van der Waals surface area contributed by atoms with Gasteiger partial charge in [0.15, 0.2) is 0 Å². The topological polar surface area (TPSA) is 72.3 Å². The number of nitrogen functional groups attached to an aromatic ring is 2. The third-order valence-corrected chi connectivity index (χ3v) is 3.97. The Hall–Kier alpha value is -2.49. The Morgan fingerprint density at radius 1 is 1.14 bits per heavy atom. The summed E-state index contributed by atoms with van der Waals surface area (Å²) in [7, 11) is 0. The van der Waals surface area contributed by atoms with Gasteiger partial charge in [0, 0.05) is 28.7 Å². The molecule has 4 heteroatoms. The molecule has 0 aromatic heterocycles. The molecule has 1 aliphatic rings. The highest BCUT2D eigenvalue weighted by Gasteiger charge is 2.28. The molecule has 21 heavy (non-hydrogen) atoms. The molecular formula is C17H19N3O. The maximum Gasteiger partial charge on any atom is 0.258 e. The highest BCUT2D eigenvalue weighted by Crippen LogP contribution is 2.32. The summed E-state index contributed by atoms with van der Waals surface area (Å²) in [5.41, 5.74) is 15.4. The molecular weight excluding hydrogens is 262 g/mol. The summed E-state index contributed by atoms with van der Waals surface area (Å²) in [6, 6.07) is 13.2. The second-order valence-electron chi connectivity index (χ2n) is 5.58. The highest BCUT2D eigenvalue weighted by molar-refractivity contribution is 6.08. The monoisotopic (exact) mass is 281 g/mol. The number of hydrogen-bond donors (Lipinski definition) is 2. The first-order valence-electron chi connectivity index (χ1n) is 7.14. The van der Waals surface area contributed by atoms with Crippen LogP contribution in [0, 0.1) is 0 Å². The number of aryl methyl sites for hydroxylation is 1. The van der Waals surface area contributed by atoms with Gasteiger partial charge in [0.2, 0.25) is 0 Å². The van der Waals surface area contributed by atoms with Crippen molar-refractivity contribution in [1.29, 1.82) is 0 Å². The lowest BCUT2D eigenvalue weighted by atomic mass is 9.95. The number of anilines is 3. The molecule has 0 saturated carbocycles. The number of carbonyl (C=O) groups excluding carboxylic acids is 1. The van der Waals surface area contributed by atoms with Crippen LogP contribution in [-0.4, -0.2) is 11.9 Å². The van der Waals surface area contributed by atoms with Crippen molar-refractivity contribution in [3.8, 4) is 0 Å². The minimum absolute atomic E-state index is 0.0475. The number of carbonyl (C=O) groups is 1. The Morgan fingerprint density at radius 3 is 2.52 bits per heavy atom. The van der Waals surface area contributed by atoms with E-state index in [0.29, 0.717) is 16.9 Å². The van der Waals surface area contributed by atoms with E-state index in [1.165, 1.54) is 5.56 Å². The number of para-hydroxylation sites is 1. The predicted octanol–water partition coefficient (Wildman–Crippen LogP) is 2.83. The van der Waals surface area contributed by atoms with Crippen LogP contribution in [-0.2, 0) is 6.42 Å². The summed E-state index contributed by atoms with van der Waals surface area (Å²) in [6.07, 6.45) is 1.96. The molecule has 4 N–H and O–H groups in total. The molecule has 1 aliphatic heterocycles. The standard InChI is InChI=1S/C17H19N3O/c1-11-6-7-12-4-2-3-5-16(12)20(11)17(21)13-8-14(18)10-15(19)9-13/h2-5,8-11H,6-7,18-19H2,1H3. The molecule has 1 unspecified atom stereocenters. The van der Waals surface area contributed by atoms with Gasteiger partial charge in [0.1, 0.15) is 0 Å². The molecule has 1 heterocycles. The molecule has 0 aliphatic carbocycles. The molecule has 2 aromatic rings. The van der Waals surface area contributed by atoms with Crippen molar-refractivity contribution in [3.05, 3.63) is 53.6 Å². The van der Waals surface area contributed by atoms with E-state index >= 15 is 0 Å². The summed E-state index contributed by atoms with van der Waals surface area (Å²) >= 11 is 0. The van der Waals surface area contributed by atoms with E-state index in [9.17, 15) is 4.79 Å². The first kappa shape index (κ1) is 13.5. The molecule has 4 nitrogen and oxygen atoms in total. The van der Waals surface area contributed by atoms with E-state index < -0.39 is 0 Å². The quantitative estimate of drug-likeness (QED) is 0.789. The van der Waals surface area contributed by atoms with Crippen LogP contribution in [0.4, 0.5) is 17.1 Å². The fourth-order valence-corrected chi connectivity index (χ4v) is 2.94. The zero-order valence-electron chi connectivity index (χ0n) is 12.0. The number of amides is 1. The van der Waals surface area contributed by atoms with Crippen LogP contribution in [0.25, 0.3) is 0 Å². The molecule has 108 valence electrons. The van der Waals surface area contributed by atoms with Gasteiger partial charge in [0.05, 0.1) is 0 Å². The molecule has 0 fully saturated rings. The summed E-state index contributed by atoms with van der Waals surface area (Å²) in [6.45, 7) is 2.07. The average molecular weight is 281 g/mol. The van der Waals surface area contributed by atoms with Crippen molar-refractivity contribution in [2.45, 2.75) is 25.8 Å². The Labute approximate surface area is 124 Å². The molecule has 1 atom stereocenters. The van der Waals surface area contributed by atoms with Crippen molar-refractivity contribution in [2.75, 3.05) is 16.4 Å². The molecule has 0 spiro atoms. The number of hydrogen-bond acceptors (Lipinski definition) is 3. The van der Waals surface area contributed by atoms with Crippen LogP contribution in [0.5, 0.6) is 0 Å². The third-order valence-electron chi connectivity index (χ3n) is 3.97.